The van der Waals surface area contributed by atoms with Crippen molar-refractivity contribution in [3.8, 4) is 23.8 Å². The lowest BCUT2D eigenvalue weighted by Gasteiger charge is -2.14. The number of hydrogen-bond donors (Lipinski definition) is 1. The normalized spacial score (nSPS) is 18.3. The molecule has 2 unspecified atom stereocenters. The summed E-state index contributed by atoms with van der Waals surface area (Å²) < 4.78 is 11.5. The molecule has 2 atom stereocenters. The first kappa shape index (κ1) is 13.8. The first-order chi connectivity index (χ1) is 9.13. The molecule has 0 saturated carbocycles. The molecule has 3 nitrogen and oxygen atoms in total. The molecule has 0 aliphatic carbocycles. The van der Waals surface area contributed by atoms with E-state index in [0.29, 0.717) is 13.2 Å². The number of nitrogens with one attached hydrogen (secondary N) is 1. The number of rotatable bonds is 5. The molecule has 1 aromatic carbocycles. The van der Waals surface area contributed by atoms with Crippen LogP contribution in [0.4, 0.5) is 0 Å². The van der Waals surface area contributed by atoms with Crippen LogP contribution < -0.4 is 14.8 Å². The Bertz CT molecular complexity index is 490. The molecule has 19 heavy (non-hydrogen) atoms. The van der Waals surface area contributed by atoms with Crippen molar-refractivity contribution in [2.45, 2.75) is 45.9 Å². The number of fused-ring (bicyclic) bond motifs is 1. The van der Waals surface area contributed by atoms with Gasteiger partial charge >= 0.3 is 0 Å². The Morgan fingerprint density at radius 1 is 1.58 bits per heavy atom. The Morgan fingerprint density at radius 3 is 3.05 bits per heavy atom. The summed E-state index contributed by atoms with van der Waals surface area (Å²) in [6.45, 7) is 7.39. The van der Waals surface area contributed by atoms with Crippen LogP contribution >= 0.6 is 0 Å². The highest BCUT2D eigenvalue weighted by molar-refractivity contribution is 5.48. The van der Waals surface area contributed by atoms with Crippen LogP contribution in [0.1, 0.15) is 31.9 Å². The predicted molar refractivity (Wildman–Crippen MR) is 76.5 cm³/mol. The number of terminal acetylenes is 1. The van der Waals surface area contributed by atoms with Gasteiger partial charge in [0.1, 0.15) is 17.6 Å². The summed E-state index contributed by atoms with van der Waals surface area (Å²) >= 11 is 0. The predicted octanol–water partition coefficient (Wildman–Crippen LogP) is 2.52. The molecule has 1 aliphatic heterocycles. The van der Waals surface area contributed by atoms with E-state index in [9.17, 15) is 0 Å². The molecule has 3 heteroatoms. The van der Waals surface area contributed by atoms with Gasteiger partial charge in [-0.2, -0.15) is 0 Å². The Morgan fingerprint density at radius 2 is 2.37 bits per heavy atom. The van der Waals surface area contributed by atoms with Crippen molar-refractivity contribution in [2.24, 2.45) is 0 Å². The van der Waals surface area contributed by atoms with Crippen molar-refractivity contribution in [1.82, 2.24) is 5.32 Å². The Balaban J connectivity index is 2.21. The lowest BCUT2D eigenvalue weighted by molar-refractivity contribution is 0.254. The molecule has 0 amide bonds. The number of ether oxygens (including phenoxy) is 2. The highest BCUT2D eigenvalue weighted by Crippen LogP contribution is 2.35. The summed E-state index contributed by atoms with van der Waals surface area (Å²) in [4.78, 5) is 0. The highest BCUT2D eigenvalue weighted by Gasteiger charge is 2.21. The maximum atomic E-state index is 5.79. The largest absolute Gasteiger partial charge is 0.494 e. The Kier molecular flexibility index (Phi) is 4.34. The van der Waals surface area contributed by atoms with Crippen LogP contribution in [0, 0.1) is 12.3 Å². The van der Waals surface area contributed by atoms with Crippen LogP contribution in [0.15, 0.2) is 12.1 Å². The van der Waals surface area contributed by atoms with Gasteiger partial charge in [-0.05, 0) is 32.9 Å². The molecule has 0 bridgehead atoms. The van der Waals surface area contributed by atoms with E-state index in [-0.39, 0.29) is 12.1 Å². The van der Waals surface area contributed by atoms with Gasteiger partial charge in [-0.15, -0.1) is 6.42 Å². The van der Waals surface area contributed by atoms with Crippen LogP contribution in [0.3, 0.4) is 0 Å². The second-order valence-electron chi connectivity index (χ2n) is 4.90. The van der Waals surface area contributed by atoms with Crippen molar-refractivity contribution in [3.05, 3.63) is 23.3 Å². The third kappa shape index (κ3) is 3.21. The minimum atomic E-state index is 0.0440. The zero-order chi connectivity index (χ0) is 13.8. The SMILES string of the molecule is C#CC(C)NCc1cc2c(cc1OCC)CC(C)O2. The van der Waals surface area contributed by atoms with Gasteiger partial charge in [0, 0.05) is 24.1 Å². The summed E-state index contributed by atoms with van der Waals surface area (Å²) in [6.07, 6.45) is 6.57. The standard InChI is InChI=1S/C16H21NO2/c1-5-11(3)17-10-14-9-16-13(7-12(4)19-16)8-15(14)18-6-2/h1,8-9,11-12,17H,6-7,10H2,2-4H3. The van der Waals surface area contributed by atoms with Crippen molar-refractivity contribution >= 4 is 0 Å². The van der Waals surface area contributed by atoms with E-state index in [1.807, 2.05) is 13.8 Å². The van der Waals surface area contributed by atoms with Gasteiger partial charge in [0.05, 0.1) is 12.6 Å². The fraction of sp³-hybridized carbons (Fsp3) is 0.500. The fourth-order valence-corrected chi connectivity index (χ4v) is 2.23. The van der Waals surface area contributed by atoms with E-state index in [1.54, 1.807) is 0 Å². The molecular formula is C16H21NO2. The van der Waals surface area contributed by atoms with Gasteiger partial charge < -0.3 is 9.47 Å². The van der Waals surface area contributed by atoms with Gasteiger partial charge in [0.15, 0.2) is 0 Å². The monoisotopic (exact) mass is 259 g/mol. The van der Waals surface area contributed by atoms with E-state index in [1.165, 1.54) is 5.56 Å². The molecule has 1 heterocycles. The highest BCUT2D eigenvalue weighted by atomic mass is 16.5. The molecule has 0 fully saturated rings. The third-order valence-electron chi connectivity index (χ3n) is 3.23. The zero-order valence-electron chi connectivity index (χ0n) is 11.8. The van der Waals surface area contributed by atoms with Crippen molar-refractivity contribution in [2.75, 3.05) is 6.61 Å². The number of hydrogen-bond acceptors (Lipinski definition) is 3. The van der Waals surface area contributed by atoms with Crippen LogP contribution in [0.25, 0.3) is 0 Å². The van der Waals surface area contributed by atoms with Crippen LogP contribution in [0.2, 0.25) is 0 Å². The lowest BCUT2D eigenvalue weighted by Crippen LogP contribution is -2.23. The minimum absolute atomic E-state index is 0.0440. The summed E-state index contributed by atoms with van der Waals surface area (Å²) in [7, 11) is 0. The van der Waals surface area contributed by atoms with Gasteiger partial charge in [-0.25, -0.2) is 0 Å². The van der Waals surface area contributed by atoms with E-state index in [4.69, 9.17) is 15.9 Å². The van der Waals surface area contributed by atoms with E-state index in [2.05, 4.69) is 30.3 Å². The third-order valence-corrected chi connectivity index (χ3v) is 3.23. The average Bonchev–Trinajstić information content (AvgIpc) is 2.75. The minimum Gasteiger partial charge on any atom is -0.494 e. The van der Waals surface area contributed by atoms with E-state index in [0.717, 1.165) is 23.5 Å². The van der Waals surface area contributed by atoms with Crippen LogP contribution in [-0.4, -0.2) is 18.8 Å². The molecule has 1 aromatic rings. The van der Waals surface area contributed by atoms with Gasteiger partial charge in [0.2, 0.25) is 0 Å². The zero-order valence-corrected chi connectivity index (χ0v) is 11.8. The molecule has 102 valence electrons. The van der Waals surface area contributed by atoms with Crippen molar-refractivity contribution in [3.63, 3.8) is 0 Å². The fourth-order valence-electron chi connectivity index (χ4n) is 2.23. The van der Waals surface area contributed by atoms with E-state index < -0.39 is 0 Å². The second kappa shape index (κ2) is 5.99. The topological polar surface area (TPSA) is 30.5 Å². The molecular weight excluding hydrogens is 238 g/mol. The lowest BCUT2D eigenvalue weighted by atomic mass is 10.1. The molecule has 0 saturated heterocycles. The quantitative estimate of drug-likeness (QED) is 0.824. The maximum absolute atomic E-state index is 5.79. The van der Waals surface area contributed by atoms with Crippen molar-refractivity contribution < 1.29 is 9.47 Å². The van der Waals surface area contributed by atoms with Gasteiger partial charge in [-0.3, -0.25) is 5.32 Å². The van der Waals surface area contributed by atoms with Gasteiger partial charge in [-0.1, -0.05) is 5.92 Å². The summed E-state index contributed by atoms with van der Waals surface area (Å²) in [5, 5.41) is 3.28. The molecule has 0 radical (unpaired) electrons. The summed E-state index contributed by atoms with van der Waals surface area (Å²) in [6, 6.07) is 4.21. The molecule has 2 rings (SSSR count). The molecule has 0 aromatic heterocycles. The van der Waals surface area contributed by atoms with Crippen molar-refractivity contribution in [1.29, 1.82) is 0 Å². The van der Waals surface area contributed by atoms with Crippen LogP contribution in [-0.2, 0) is 13.0 Å². The molecule has 0 spiro atoms. The summed E-state index contributed by atoms with van der Waals surface area (Å²) in [5.74, 6) is 4.56. The van der Waals surface area contributed by atoms with E-state index >= 15 is 0 Å². The summed E-state index contributed by atoms with van der Waals surface area (Å²) in [5.41, 5.74) is 2.32. The maximum Gasteiger partial charge on any atom is 0.124 e. The Hall–Kier alpha value is -1.66. The average molecular weight is 259 g/mol. The van der Waals surface area contributed by atoms with Crippen LogP contribution in [0.5, 0.6) is 11.5 Å². The number of benzene rings is 1. The first-order valence-corrected chi connectivity index (χ1v) is 6.78. The smallest absolute Gasteiger partial charge is 0.124 e. The van der Waals surface area contributed by atoms with Gasteiger partial charge in [0.25, 0.3) is 0 Å². The molecule has 1 N–H and O–H groups in total. The Labute approximate surface area is 115 Å². The first-order valence-electron chi connectivity index (χ1n) is 6.78. The molecule has 1 aliphatic rings. The second-order valence-corrected chi connectivity index (χ2v) is 4.90.